The van der Waals surface area contributed by atoms with Gasteiger partial charge < -0.3 is 10.4 Å². The monoisotopic (exact) mass is 351 g/mol. The molecule has 0 bridgehead atoms. The lowest BCUT2D eigenvalue weighted by molar-refractivity contribution is -0.139. The van der Waals surface area contributed by atoms with Gasteiger partial charge in [0.2, 0.25) is 5.91 Å². The highest BCUT2D eigenvalue weighted by Gasteiger charge is 2.35. The SMILES string of the molecule is O=C(NCC(O)c1ccccc1C(F)(F)F)C1CCS(=O)(=O)C1. The summed E-state index contributed by atoms with van der Waals surface area (Å²) in [6, 6.07) is 4.56. The second-order valence-electron chi connectivity index (χ2n) is 5.45. The normalized spacial score (nSPS) is 21.8. The van der Waals surface area contributed by atoms with Crippen molar-refractivity contribution in [3.63, 3.8) is 0 Å². The topological polar surface area (TPSA) is 83.5 Å². The quantitative estimate of drug-likeness (QED) is 0.856. The Balaban J connectivity index is 2.01. The molecule has 5 nitrogen and oxygen atoms in total. The van der Waals surface area contributed by atoms with Gasteiger partial charge in [-0.2, -0.15) is 13.2 Å². The van der Waals surface area contributed by atoms with Crippen molar-refractivity contribution in [1.29, 1.82) is 0 Å². The van der Waals surface area contributed by atoms with E-state index in [0.29, 0.717) is 0 Å². The van der Waals surface area contributed by atoms with Gasteiger partial charge in [0.15, 0.2) is 9.84 Å². The van der Waals surface area contributed by atoms with Gasteiger partial charge in [0.1, 0.15) is 0 Å². The van der Waals surface area contributed by atoms with E-state index in [0.717, 1.165) is 12.1 Å². The highest BCUT2D eigenvalue weighted by Crippen LogP contribution is 2.34. The van der Waals surface area contributed by atoms with Crippen LogP contribution in [0.15, 0.2) is 24.3 Å². The maximum Gasteiger partial charge on any atom is 0.416 e. The summed E-state index contributed by atoms with van der Waals surface area (Å²) in [5, 5.41) is 12.2. The van der Waals surface area contributed by atoms with Crippen LogP contribution >= 0.6 is 0 Å². The zero-order valence-electron chi connectivity index (χ0n) is 12.0. The predicted octanol–water partition coefficient (Wildman–Crippen LogP) is 1.29. The minimum atomic E-state index is -4.61. The lowest BCUT2D eigenvalue weighted by Gasteiger charge is -2.18. The number of sulfone groups is 1. The number of aliphatic hydroxyl groups is 1. The molecule has 23 heavy (non-hydrogen) atoms. The van der Waals surface area contributed by atoms with E-state index in [2.05, 4.69) is 5.32 Å². The van der Waals surface area contributed by atoms with E-state index in [4.69, 9.17) is 0 Å². The minimum absolute atomic E-state index is 0.0788. The standard InChI is InChI=1S/C14H16F3NO4S/c15-14(16,17)11-4-2-1-3-10(11)12(19)7-18-13(20)9-5-6-23(21,22)8-9/h1-4,9,12,19H,5-8H2,(H,18,20). The fourth-order valence-corrected chi connectivity index (χ4v) is 4.24. The van der Waals surface area contributed by atoms with Crippen molar-refractivity contribution in [1.82, 2.24) is 5.32 Å². The molecule has 1 aliphatic heterocycles. The van der Waals surface area contributed by atoms with Crippen LogP contribution in [-0.4, -0.2) is 37.5 Å². The zero-order chi connectivity index (χ0) is 17.3. The highest BCUT2D eigenvalue weighted by atomic mass is 32.2. The molecule has 1 aromatic carbocycles. The van der Waals surface area contributed by atoms with E-state index >= 15 is 0 Å². The Hall–Kier alpha value is -1.61. The Morgan fingerprint density at radius 3 is 2.57 bits per heavy atom. The van der Waals surface area contributed by atoms with Crippen molar-refractivity contribution < 1.29 is 31.5 Å². The number of carbonyl (C=O) groups excluding carboxylic acids is 1. The largest absolute Gasteiger partial charge is 0.416 e. The van der Waals surface area contributed by atoms with Gasteiger partial charge in [0.25, 0.3) is 0 Å². The first-order chi connectivity index (χ1) is 10.6. The Kier molecular flexibility index (Phi) is 5.00. The van der Waals surface area contributed by atoms with Gasteiger partial charge in [0, 0.05) is 6.54 Å². The maximum absolute atomic E-state index is 12.9. The van der Waals surface area contributed by atoms with Crippen molar-refractivity contribution in [2.45, 2.75) is 18.7 Å². The molecule has 0 radical (unpaired) electrons. The van der Waals surface area contributed by atoms with Crippen LogP contribution in [0.1, 0.15) is 23.7 Å². The summed E-state index contributed by atoms with van der Waals surface area (Å²) in [5.41, 5.74) is -1.30. The van der Waals surface area contributed by atoms with E-state index < -0.39 is 46.1 Å². The molecule has 9 heteroatoms. The molecule has 128 valence electrons. The lowest BCUT2D eigenvalue weighted by Crippen LogP contribution is -2.34. The molecular formula is C14H16F3NO4S. The molecule has 2 rings (SSSR count). The first-order valence-electron chi connectivity index (χ1n) is 6.92. The van der Waals surface area contributed by atoms with Gasteiger partial charge in [0.05, 0.1) is 29.1 Å². The molecule has 1 heterocycles. The summed E-state index contributed by atoms with van der Waals surface area (Å²) in [6.07, 6.45) is -5.96. The Morgan fingerprint density at radius 2 is 2.00 bits per heavy atom. The third-order valence-electron chi connectivity index (χ3n) is 3.70. The number of benzene rings is 1. The lowest BCUT2D eigenvalue weighted by atomic mass is 10.0. The van der Waals surface area contributed by atoms with Gasteiger partial charge in [-0.1, -0.05) is 18.2 Å². The average Bonchev–Trinajstić information content (AvgIpc) is 2.84. The number of amides is 1. The Labute approximate surface area is 131 Å². The van der Waals surface area contributed by atoms with Crippen LogP contribution in [-0.2, 0) is 20.8 Å². The minimum Gasteiger partial charge on any atom is -0.387 e. The van der Waals surface area contributed by atoms with Gasteiger partial charge in [-0.3, -0.25) is 4.79 Å². The van der Waals surface area contributed by atoms with Crippen molar-refractivity contribution in [3.8, 4) is 0 Å². The molecule has 0 spiro atoms. The zero-order valence-corrected chi connectivity index (χ0v) is 12.8. The van der Waals surface area contributed by atoms with Gasteiger partial charge >= 0.3 is 6.18 Å². The number of nitrogens with one attached hydrogen (secondary N) is 1. The third kappa shape index (κ3) is 4.44. The van der Waals surface area contributed by atoms with Crippen LogP contribution in [0.2, 0.25) is 0 Å². The summed E-state index contributed by atoms with van der Waals surface area (Å²) in [7, 11) is -3.23. The summed E-state index contributed by atoms with van der Waals surface area (Å²) < 4.78 is 61.2. The average molecular weight is 351 g/mol. The molecule has 2 N–H and O–H groups in total. The number of hydrogen-bond acceptors (Lipinski definition) is 4. The molecule has 1 aliphatic rings. The van der Waals surface area contributed by atoms with Gasteiger partial charge in [-0.25, -0.2) is 8.42 Å². The molecule has 0 aromatic heterocycles. The maximum atomic E-state index is 12.9. The fraction of sp³-hybridized carbons (Fsp3) is 0.500. The number of alkyl halides is 3. The second kappa shape index (κ2) is 6.48. The molecule has 0 aliphatic carbocycles. The van der Waals surface area contributed by atoms with E-state index in [-0.39, 0.29) is 23.5 Å². The predicted molar refractivity (Wildman–Crippen MR) is 76.2 cm³/mol. The van der Waals surface area contributed by atoms with Crippen molar-refractivity contribution in [3.05, 3.63) is 35.4 Å². The van der Waals surface area contributed by atoms with Crippen molar-refractivity contribution in [2.24, 2.45) is 5.92 Å². The van der Waals surface area contributed by atoms with Crippen LogP contribution in [0.4, 0.5) is 13.2 Å². The molecule has 0 saturated carbocycles. The molecular weight excluding hydrogens is 335 g/mol. The number of aliphatic hydroxyl groups excluding tert-OH is 1. The second-order valence-corrected chi connectivity index (χ2v) is 7.67. The Bertz CT molecular complexity index is 688. The van der Waals surface area contributed by atoms with Crippen LogP contribution in [0.3, 0.4) is 0 Å². The molecule has 2 unspecified atom stereocenters. The molecule has 1 fully saturated rings. The number of carbonyl (C=O) groups is 1. The van der Waals surface area contributed by atoms with Gasteiger partial charge in [-0.05, 0) is 18.1 Å². The van der Waals surface area contributed by atoms with E-state index in [1.165, 1.54) is 12.1 Å². The van der Waals surface area contributed by atoms with Gasteiger partial charge in [-0.15, -0.1) is 0 Å². The molecule has 2 atom stereocenters. The first kappa shape index (κ1) is 17.7. The summed E-state index contributed by atoms with van der Waals surface area (Å²) >= 11 is 0. The Morgan fingerprint density at radius 1 is 1.35 bits per heavy atom. The fourth-order valence-electron chi connectivity index (χ4n) is 2.50. The van der Waals surface area contributed by atoms with E-state index in [9.17, 15) is 31.5 Å². The number of halogens is 3. The number of rotatable bonds is 4. The summed E-state index contributed by atoms with van der Waals surface area (Å²) in [5.74, 6) is -1.64. The number of hydrogen-bond donors (Lipinski definition) is 2. The smallest absolute Gasteiger partial charge is 0.387 e. The van der Waals surface area contributed by atoms with Crippen LogP contribution in [0, 0.1) is 5.92 Å². The van der Waals surface area contributed by atoms with E-state index in [1.807, 2.05) is 0 Å². The summed E-state index contributed by atoms with van der Waals surface area (Å²) in [4.78, 5) is 11.8. The van der Waals surface area contributed by atoms with Crippen molar-refractivity contribution >= 4 is 15.7 Å². The summed E-state index contributed by atoms with van der Waals surface area (Å²) in [6.45, 7) is -0.414. The molecule has 1 saturated heterocycles. The van der Waals surface area contributed by atoms with E-state index in [1.54, 1.807) is 0 Å². The third-order valence-corrected chi connectivity index (χ3v) is 5.47. The first-order valence-corrected chi connectivity index (χ1v) is 8.74. The van der Waals surface area contributed by atoms with Crippen LogP contribution < -0.4 is 5.32 Å². The highest BCUT2D eigenvalue weighted by molar-refractivity contribution is 7.91. The van der Waals surface area contributed by atoms with Crippen molar-refractivity contribution in [2.75, 3.05) is 18.1 Å². The van der Waals surface area contributed by atoms with Crippen LogP contribution in [0.5, 0.6) is 0 Å². The van der Waals surface area contributed by atoms with Crippen LogP contribution in [0.25, 0.3) is 0 Å². The molecule has 1 aromatic rings. The molecule has 1 amide bonds.